The number of hydrogen-bond donors (Lipinski definition) is 6. The zero-order valence-corrected chi connectivity index (χ0v) is 40.4. The Morgan fingerprint density at radius 2 is 0.941 bits per heavy atom. The van der Waals surface area contributed by atoms with E-state index in [1.165, 1.54) is 50.7 Å². The number of aromatic nitrogens is 3. The van der Waals surface area contributed by atoms with E-state index in [0.717, 1.165) is 38.5 Å². The topological polar surface area (TPSA) is 238 Å². The van der Waals surface area contributed by atoms with E-state index in [4.69, 9.17) is 19.9 Å². The number of imide groups is 1. The lowest BCUT2D eigenvalue weighted by Gasteiger charge is -2.23. The van der Waals surface area contributed by atoms with Gasteiger partial charge in [0, 0.05) is 22.6 Å². The molecular weight excluding hydrogens is 867 g/mol. The number of alkyl carbamates (subject to hydrolysis) is 1. The Hall–Kier alpha value is -6.62. The summed E-state index contributed by atoms with van der Waals surface area (Å²) in [5.74, 6) is -1.68. The molecule has 0 fully saturated rings. The number of carbonyl (C=O) groups is 5. The molecule has 1 atom stereocenters. The third-order valence-electron chi connectivity index (χ3n) is 10.4. The van der Waals surface area contributed by atoms with Crippen molar-refractivity contribution in [3.05, 3.63) is 89.5 Å². The number of amides is 3. The molecule has 1 aromatic heterocycles. The van der Waals surface area contributed by atoms with Crippen LogP contribution in [0.2, 0.25) is 0 Å². The van der Waals surface area contributed by atoms with Gasteiger partial charge in [0.25, 0.3) is 5.91 Å². The van der Waals surface area contributed by atoms with Crippen LogP contribution in [-0.2, 0) is 19.0 Å². The van der Waals surface area contributed by atoms with Crippen LogP contribution in [-0.4, -0.2) is 76.2 Å². The fraction of sp³-hybridized carbons (Fsp3) is 0.490. The van der Waals surface area contributed by atoms with Crippen LogP contribution in [0.25, 0.3) is 0 Å². The maximum absolute atomic E-state index is 13.2. The minimum atomic E-state index is -1.01. The van der Waals surface area contributed by atoms with Crippen LogP contribution in [0.1, 0.15) is 162 Å². The molecule has 4 rings (SSSR count). The molecule has 17 heteroatoms. The summed E-state index contributed by atoms with van der Waals surface area (Å²) in [6.07, 6.45) is 13.8. The van der Waals surface area contributed by atoms with Gasteiger partial charge in [0.1, 0.15) is 11.6 Å². The SMILES string of the molecule is CCCCCCCCOC(=O)c1ccc(Nc2nc(Nc3ccc(C(=O)NC(=O)[C@H](CCCCN)NC(=O)OC(C)(C)C)cc3)nc(Nc3ccc(C(=O)OCCCCCCCC)cc3)n2)cc1. The van der Waals surface area contributed by atoms with E-state index >= 15 is 0 Å². The summed E-state index contributed by atoms with van der Waals surface area (Å²) in [4.78, 5) is 78.0. The largest absolute Gasteiger partial charge is 0.462 e. The Morgan fingerprint density at radius 1 is 0.544 bits per heavy atom. The summed E-state index contributed by atoms with van der Waals surface area (Å²) in [7, 11) is 0. The molecule has 0 aliphatic carbocycles. The summed E-state index contributed by atoms with van der Waals surface area (Å²) in [6.45, 7) is 10.6. The second-order valence-electron chi connectivity index (χ2n) is 17.5. The predicted molar refractivity (Wildman–Crippen MR) is 265 cm³/mol. The number of rotatable bonds is 29. The summed E-state index contributed by atoms with van der Waals surface area (Å²) in [6, 6.07) is 18.8. The number of nitrogens with one attached hydrogen (secondary N) is 5. The van der Waals surface area contributed by atoms with Gasteiger partial charge in [-0.15, -0.1) is 0 Å². The van der Waals surface area contributed by atoms with Crippen molar-refractivity contribution >= 4 is 64.8 Å². The second kappa shape index (κ2) is 29.2. The van der Waals surface area contributed by atoms with Crippen molar-refractivity contribution in [2.24, 2.45) is 5.73 Å². The Morgan fingerprint density at radius 3 is 1.34 bits per heavy atom. The average molecular weight is 938 g/mol. The third kappa shape index (κ3) is 20.5. The number of unbranched alkanes of at least 4 members (excludes halogenated alkanes) is 11. The van der Waals surface area contributed by atoms with Crippen molar-refractivity contribution in [3.8, 4) is 0 Å². The van der Waals surface area contributed by atoms with Gasteiger partial charge in [-0.25, -0.2) is 14.4 Å². The van der Waals surface area contributed by atoms with Gasteiger partial charge in [-0.05, 0) is 132 Å². The van der Waals surface area contributed by atoms with E-state index in [9.17, 15) is 24.0 Å². The van der Waals surface area contributed by atoms with Crippen LogP contribution in [0, 0.1) is 0 Å². The normalized spacial score (nSPS) is 11.5. The van der Waals surface area contributed by atoms with Gasteiger partial charge >= 0.3 is 18.0 Å². The van der Waals surface area contributed by atoms with E-state index in [-0.39, 0.29) is 29.8 Å². The van der Waals surface area contributed by atoms with Crippen LogP contribution in [0.15, 0.2) is 72.8 Å². The zero-order valence-electron chi connectivity index (χ0n) is 40.4. The van der Waals surface area contributed by atoms with E-state index in [1.807, 2.05) is 0 Å². The van der Waals surface area contributed by atoms with Gasteiger partial charge < -0.3 is 41.2 Å². The Bertz CT molecular complexity index is 2090. The maximum atomic E-state index is 13.2. The molecule has 68 heavy (non-hydrogen) atoms. The van der Waals surface area contributed by atoms with Crippen molar-refractivity contribution in [2.75, 3.05) is 35.7 Å². The highest BCUT2D eigenvalue weighted by Gasteiger charge is 2.26. The van der Waals surface area contributed by atoms with Gasteiger partial charge in [-0.2, -0.15) is 15.0 Å². The lowest BCUT2D eigenvalue weighted by Crippen LogP contribution is -2.49. The van der Waals surface area contributed by atoms with Crippen molar-refractivity contribution in [2.45, 2.75) is 143 Å². The molecule has 7 N–H and O–H groups in total. The zero-order chi connectivity index (χ0) is 49.2. The highest BCUT2D eigenvalue weighted by molar-refractivity contribution is 6.06. The second-order valence-corrected chi connectivity index (χ2v) is 17.5. The Balaban J connectivity index is 1.46. The van der Waals surface area contributed by atoms with Gasteiger partial charge in [0.2, 0.25) is 23.8 Å². The van der Waals surface area contributed by atoms with E-state index in [1.54, 1.807) is 81.4 Å². The number of ether oxygens (including phenoxy) is 3. The average Bonchev–Trinajstić information content (AvgIpc) is 3.30. The highest BCUT2D eigenvalue weighted by Crippen LogP contribution is 2.23. The highest BCUT2D eigenvalue weighted by atomic mass is 16.6. The summed E-state index contributed by atoms with van der Waals surface area (Å²) in [5.41, 5.74) is 7.57. The molecule has 4 aromatic rings. The number of hydrogen-bond acceptors (Lipinski definition) is 15. The van der Waals surface area contributed by atoms with Crippen LogP contribution in [0.3, 0.4) is 0 Å². The maximum Gasteiger partial charge on any atom is 0.408 e. The summed E-state index contributed by atoms with van der Waals surface area (Å²) < 4.78 is 16.3. The van der Waals surface area contributed by atoms with Gasteiger partial charge in [0.15, 0.2) is 0 Å². The van der Waals surface area contributed by atoms with Crippen molar-refractivity contribution in [3.63, 3.8) is 0 Å². The van der Waals surface area contributed by atoms with Crippen LogP contribution in [0.4, 0.5) is 39.7 Å². The molecule has 3 amide bonds. The van der Waals surface area contributed by atoms with Crippen LogP contribution < -0.4 is 32.3 Å². The number of anilines is 6. The first kappa shape index (κ1) is 54.0. The summed E-state index contributed by atoms with van der Waals surface area (Å²) >= 11 is 0. The molecule has 0 unspecified atom stereocenters. The predicted octanol–water partition coefficient (Wildman–Crippen LogP) is 10.4. The number of nitrogens with two attached hydrogens (primary N) is 1. The number of benzene rings is 3. The number of nitrogens with zero attached hydrogens (tertiary/aromatic N) is 3. The molecule has 0 aliphatic heterocycles. The van der Waals surface area contributed by atoms with Crippen molar-refractivity contribution in [1.82, 2.24) is 25.6 Å². The molecule has 0 saturated carbocycles. The van der Waals surface area contributed by atoms with Gasteiger partial charge in [-0.1, -0.05) is 78.1 Å². The molecule has 0 bridgehead atoms. The molecule has 368 valence electrons. The first-order chi connectivity index (χ1) is 32.8. The lowest BCUT2D eigenvalue weighted by atomic mass is 10.1. The smallest absolute Gasteiger partial charge is 0.408 e. The summed E-state index contributed by atoms with van der Waals surface area (Å²) in [5, 5.41) is 14.4. The fourth-order valence-corrected chi connectivity index (χ4v) is 6.76. The molecule has 0 saturated heterocycles. The van der Waals surface area contributed by atoms with Crippen LogP contribution >= 0.6 is 0 Å². The first-order valence-electron chi connectivity index (χ1n) is 24.0. The van der Waals surface area contributed by atoms with Crippen molar-refractivity contribution in [1.29, 1.82) is 0 Å². The molecule has 1 heterocycles. The molecule has 0 aliphatic rings. The molecule has 17 nitrogen and oxygen atoms in total. The van der Waals surface area contributed by atoms with Crippen LogP contribution in [0.5, 0.6) is 0 Å². The van der Waals surface area contributed by atoms with Crippen molar-refractivity contribution < 1.29 is 38.2 Å². The molecular formula is C51H71N9O8. The third-order valence-corrected chi connectivity index (χ3v) is 10.4. The quantitative estimate of drug-likeness (QED) is 0.0169. The Labute approximate surface area is 400 Å². The lowest BCUT2D eigenvalue weighted by molar-refractivity contribution is -0.122. The standard InChI is InChI=1S/C51H71N9O8/c1-6-8-10-12-14-18-34-66-45(63)37-23-29-40(30-24-37)54-48-58-47(59-49(60-48)55-41-31-25-38(26-32-41)46(64)67-35-19-15-13-11-9-7-2)53-39-27-21-36(22-28-39)43(61)57-44(62)42(20-16-17-33-52)56-50(65)68-51(3,4)5/h21-32,42H,6-20,33-35,52H2,1-5H3,(H,56,65)(H,57,61,62)(H3,53,54,55,58,59,60)/t42-/m0/s1. The van der Waals surface area contributed by atoms with E-state index < -0.39 is 41.5 Å². The fourth-order valence-electron chi connectivity index (χ4n) is 6.76. The minimum Gasteiger partial charge on any atom is -0.462 e. The van der Waals surface area contributed by atoms with E-state index in [0.29, 0.717) is 60.8 Å². The molecule has 0 radical (unpaired) electrons. The Kier molecular flexibility index (Phi) is 23.2. The number of carbonyl (C=O) groups excluding carboxylic acids is 5. The first-order valence-corrected chi connectivity index (χ1v) is 24.0. The minimum absolute atomic E-state index is 0.135. The molecule has 3 aromatic carbocycles. The molecule has 0 spiro atoms. The number of esters is 2. The van der Waals surface area contributed by atoms with E-state index in [2.05, 4.69) is 55.4 Å². The van der Waals surface area contributed by atoms with Gasteiger partial charge in [-0.3, -0.25) is 14.9 Å². The van der Waals surface area contributed by atoms with Gasteiger partial charge in [0.05, 0.1) is 24.3 Å². The monoisotopic (exact) mass is 938 g/mol.